The molecule has 0 unspecified atom stereocenters. The first-order chi connectivity index (χ1) is 16.0. The van der Waals surface area contributed by atoms with Crippen molar-refractivity contribution in [2.75, 3.05) is 7.11 Å². The van der Waals surface area contributed by atoms with E-state index in [1.54, 1.807) is 18.2 Å². The molecule has 3 N–H and O–H groups in total. The predicted molar refractivity (Wildman–Crippen MR) is 127 cm³/mol. The molecule has 1 amide bonds. The molecule has 3 aromatic carbocycles. The van der Waals surface area contributed by atoms with Crippen molar-refractivity contribution >= 4 is 17.2 Å². The molecule has 0 spiro atoms. The van der Waals surface area contributed by atoms with Gasteiger partial charge in [0.25, 0.3) is 5.91 Å². The number of aromatic hydroxyl groups is 1. The highest BCUT2D eigenvalue weighted by Crippen LogP contribution is 2.25. The Balaban J connectivity index is 1.42. The summed E-state index contributed by atoms with van der Waals surface area (Å²) >= 11 is 0.939. The Morgan fingerprint density at radius 1 is 1.00 bits per heavy atom. The van der Waals surface area contributed by atoms with Gasteiger partial charge >= 0.3 is 4.87 Å². The maximum Gasteiger partial charge on any atom is 0.307 e. The van der Waals surface area contributed by atoms with Crippen molar-refractivity contribution < 1.29 is 19.4 Å². The fraction of sp³-hybridized carbons (Fsp3) is 0.120. The van der Waals surface area contributed by atoms with Gasteiger partial charge in [-0.1, -0.05) is 47.7 Å². The van der Waals surface area contributed by atoms with Gasteiger partial charge in [0.05, 0.1) is 17.6 Å². The summed E-state index contributed by atoms with van der Waals surface area (Å²) in [5.74, 6) is 1.47. The van der Waals surface area contributed by atoms with E-state index >= 15 is 0 Å². The number of aromatic amines is 1. The van der Waals surface area contributed by atoms with Crippen LogP contribution in [0.15, 0.2) is 77.6 Å². The minimum absolute atomic E-state index is 0.147. The summed E-state index contributed by atoms with van der Waals surface area (Å²) in [6, 6.07) is 22.2. The summed E-state index contributed by atoms with van der Waals surface area (Å²) in [5.41, 5.74) is 2.07. The number of carbonyl (C=O) groups excluding carboxylic acids is 1. The van der Waals surface area contributed by atoms with Crippen molar-refractivity contribution in [3.63, 3.8) is 0 Å². The van der Waals surface area contributed by atoms with Crippen molar-refractivity contribution in [3.05, 3.63) is 104 Å². The van der Waals surface area contributed by atoms with Crippen LogP contribution < -0.4 is 19.7 Å². The standard InChI is InChI=1S/C25H22N2O5S/c1-31-21-12-9-17(14-22-24(29)27-25(30)33-22)13-20(21)23(28)26-15-16-7-10-19(11-8-16)32-18-5-3-2-4-6-18/h2-13,29H,14-15H2,1H3,(H,26,28)(H,27,30). The number of para-hydroxylation sites is 1. The van der Waals surface area contributed by atoms with Crippen molar-refractivity contribution in [1.29, 1.82) is 0 Å². The molecular formula is C25H22N2O5S. The van der Waals surface area contributed by atoms with Crippen molar-refractivity contribution in [2.24, 2.45) is 0 Å². The fourth-order valence-corrected chi connectivity index (χ4v) is 4.04. The molecule has 0 aliphatic heterocycles. The van der Waals surface area contributed by atoms with Gasteiger partial charge < -0.3 is 19.9 Å². The average molecular weight is 463 g/mol. The van der Waals surface area contributed by atoms with Crippen LogP contribution in [0.25, 0.3) is 0 Å². The zero-order chi connectivity index (χ0) is 23.2. The third-order valence-electron chi connectivity index (χ3n) is 4.93. The number of methoxy groups -OCH3 is 1. The SMILES string of the molecule is COc1ccc(Cc2sc(=O)[nH]c2O)cc1C(=O)NCc1ccc(Oc2ccccc2)cc1. The molecule has 0 aliphatic carbocycles. The molecule has 1 aromatic heterocycles. The normalized spacial score (nSPS) is 10.6. The second-order valence-corrected chi connectivity index (χ2v) is 8.31. The number of thiazole rings is 1. The van der Waals surface area contributed by atoms with Crippen LogP contribution in [-0.2, 0) is 13.0 Å². The topological polar surface area (TPSA) is 101 Å². The molecule has 7 nitrogen and oxygen atoms in total. The van der Waals surface area contributed by atoms with E-state index in [9.17, 15) is 14.7 Å². The zero-order valence-electron chi connectivity index (χ0n) is 17.8. The lowest BCUT2D eigenvalue weighted by molar-refractivity contribution is 0.0947. The van der Waals surface area contributed by atoms with Gasteiger partial charge in [-0.15, -0.1) is 0 Å². The molecule has 0 saturated carbocycles. The molecule has 4 rings (SSSR count). The molecule has 8 heteroatoms. The van der Waals surface area contributed by atoms with Gasteiger partial charge in [-0.2, -0.15) is 0 Å². The van der Waals surface area contributed by atoms with E-state index in [4.69, 9.17) is 9.47 Å². The Morgan fingerprint density at radius 2 is 1.70 bits per heavy atom. The van der Waals surface area contributed by atoms with Crippen LogP contribution in [0.1, 0.15) is 26.4 Å². The smallest absolute Gasteiger partial charge is 0.307 e. The Labute approximate surface area is 194 Å². The van der Waals surface area contributed by atoms with Gasteiger partial charge in [-0.05, 0) is 47.5 Å². The Bertz CT molecular complexity index is 1300. The van der Waals surface area contributed by atoms with Crippen molar-refractivity contribution in [3.8, 4) is 23.1 Å². The molecule has 0 radical (unpaired) electrons. The van der Waals surface area contributed by atoms with Gasteiger partial charge in [0.1, 0.15) is 17.2 Å². The highest BCUT2D eigenvalue weighted by Gasteiger charge is 2.15. The lowest BCUT2D eigenvalue weighted by Crippen LogP contribution is -2.23. The summed E-state index contributed by atoms with van der Waals surface area (Å²) in [6.07, 6.45) is 0.322. The molecule has 0 aliphatic rings. The summed E-state index contributed by atoms with van der Waals surface area (Å²) in [6.45, 7) is 0.331. The van der Waals surface area contributed by atoms with Gasteiger partial charge in [0, 0.05) is 13.0 Å². The monoisotopic (exact) mass is 462 g/mol. The van der Waals surface area contributed by atoms with E-state index in [0.717, 1.165) is 28.2 Å². The highest BCUT2D eigenvalue weighted by atomic mass is 32.1. The van der Waals surface area contributed by atoms with E-state index in [-0.39, 0.29) is 16.7 Å². The number of H-pyrrole nitrogens is 1. The number of hydrogen-bond donors (Lipinski definition) is 3. The number of nitrogens with one attached hydrogen (secondary N) is 2. The number of carbonyl (C=O) groups is 1. The molecular weight excluding hydrogens is 440 g/mol. The lowest BCUT2D eigenvalue weighted by atomic mass is 10.1. The Kier molecular flexibility index (Phi) is 6.75. The quantitative estimate of drug-likeness (QED) is 0.359. The number of benzene rings is 3. The minimum Gasteiger partial charge on any atom is -0.496 e. The summed E-state index contributed by atoms with van der Waals surface area (Å²) < 4.78 is 11.1. The zero-order valence-corrected chi connectivity index (χ0v) is 18.6. The minimum atomic E-state index is -0.325. The Morgan fingerprint density at radius 3 is 2.36 bits per heavy atom. The maximum absolute atomic E-state index is 12.9. The van der Waals surface area contributed by atoms with Gasteiger partial charge in [0.2, 0.25) is 5.88 Å². The summed E-state index contributed by atoms with van der Waals surface area (Å²) in [7, 11) is 1.50. The second-order valence-electron chi connectivity index (χ2n) is 7.24. The molecule has 0 saturated heterocycles. The van der Waals surface area contributed by atoms with E-state index in [0.29, 0.717) is 34.9 Å². The fourth-order valence-electron chi connectivity index (χ4n) is 3.28. The van der Waals surface area contributed by atoms with E-state index < -0.39 is 0 Å². The molecule has 0 fully saturated rings. The second kappa shape index (κ2) is 10.1. The van der Waals surface area contributed by atoms with Crippen LogP contribution in [0, 0.1) is 0 Å². The molecule has 0 bridgehead atoms. The van der Waals surface area contributed by atoms with Gasteiger partial charge in [-0.3, -0.25) is 14.6 Å². The van der Waals surface area contributed by atoms with Crippen LogP contribution in [-0.4, -0.2) is 23.1 Å². The average Bonchev–Trinajstić information content (AvgIpc) is 3.15. The van der Waals surface area contributed by atoms with E-state index in [1.807, 2.05) is 54.6 Å². The van der Waals surface area contributed by atoms with Crippen LogP contribution >= 0.6 is 11.3 Å². The maximum atomic E-state index is 12.9. The number of hydrogen-bond acceptors (Lipinski definition) is 6. The summed E-state index contributed by atoms with van der Waals surface area (Å²) in [5, 5.41) is 12.7. The predicted octanol–water partition coefficient (Wildman–Crippen LogP) is 4.46. The highest BCUT2D eigenvalue weighted by molar-refractivity contribution is 7.09. The van der Waals surface area contributed by atoms with E-state index in [2.05, 4.69) is 10.3 Å². The van der Waals surface area contributed by atoms with Crippen LogP contribution in [0.3, 0.4) is 0 Å². The first kappa shape index (κ1) is 22.2. The first-order valence-electron chi connectivity index (χ1n) is 10.2. The van der Waals surface area contributed by atoms with Gasteiger partial charge in [-0.25, -0.2) is 0 Å². The molecule has 168 valence electrons. The van der Waals surface area contributed by atoms with Crippen LogP contribution in [0.5, 0.6) is 23.1 Å². The Hall–Kier alpha value is -4.04. The number of ether oxygens (including phenoxy) is 2. The van der Waals surface area contributed by atoms with Crippen molar-refractivity contribution in [1.82, 2.24) is 10.3 Å². The molecule has 4 aromatic rings. The third-order valence-corrected chi connectivity index (χ3v) is 5.80. The van der Waals surface area contributed by atoms with Crippen LogP contribution in [0.2, 0.25) is 0 Å². The van der Waals surface area contributed by atoms with E-state index in [1.165, 1.54) is 7.11 Å². The number of amides is 1. The molecule has 33 heavy (non-hydrogen) atoms. The lowest BCUT2D eigenvalue weighted by Gasteiger charge is -2.12. The summed E-state index contributed by atoms with van der Waals surface area (Å²) in [4.78, 5) is 26.8. The first-order valence-corrected chi connectivity index (χ1v) is 11.0. The van der Waals surface area contributed by atoms with Gasteiger partial charge in [0.15, 0.2) is 0 Å². The largest absolute Gasteiger partial charge is 0.496 e. The molecule has 0 atom stereocenters. The van der Waals surface area contributed by atoms with Crippen LogP contribution in [0.4, 0.5) is 0 Å². The van der Waals surface area contributed by atoms with Crippen molar-refractivity contribution in [2.45, 2.75) is 13.0 Å². The number of aromatic nitrogens is 1. The third kappa shape index (κ3) is 5.61. The molecule has 1 heterocycles. The number of rotatable bonds is 8.